The molecule has 0 fully saturated rings. The third kappa shape index (κ3) is 4.97. The van der Waals surface area contributed by atoms with Gasteiger partial charge in [-0.2, -0.15) is 31.4 Å². The molecule has 0 aliphatic carbocycles. The Balaban J connectivity index is 2.27. The summed E-state index contributed by atoms with van der Waals surface area (Å²) in [5.74, 6) is -0.680. The van der Waals surface area contributed by atoms with Gasteiger partial charge in [-0.05, 0) is 39.7 Å². The van der Waals surface area contributed by atoms with Crippen LogP contribution in [0.4, 0.5) is 32.2 Å². The number of hydrogen-bond donors (Lipinski definition) is 1. The summed E-state index contributed by atoms with van der Waals surface area (Å²) in [6.07, 6.45) is -10.6. The maximum absolute atomic E-state index is 12.8. The van der Waals surface area contributed by atoms with Crippen LogP contribution >= 0.6 is 15.9 Å². The highest BCUT2D eigenvalue weighted by atomic mass is 79.9. The number of hydrogen-bond acceptors (Lipinski definition) is 2. The van der Waals surface area contributed by atoms with E-state index in [1.807, 2.05) is 0 Å². The maximum Gasteiger partial charge on any atom is 0.416 e. The summed E-state index contributed by atoms with van der Waals surface area (Å²) < 4.78 is 78.6. The van der Waals surface area contributed by atoms with E-state index in [2.05, 4.69) is 26.3 Å². The summed E-state index contributed by atoms with van der Waals surface area (Å²) >= 11 is 3.13. The number of aromatic nitrogens is 2. The highest BCUT2D eigenvalue weighted by Gasteiger charge is 2.37. The molecule has 0 radical (unpaired) electrons. The molecule has 0 unspecified atom stereocenters. The molecule has 1 aromatic heterocycles. The number of nitrogens with zero attached hydrogens (tertiary/aromatic N) is 2. The maximum atomic E-state index is 12.8. The fourth-order valence-corrected chi connectivity index (χ4v) is 2.30. The number of aryl methyl sites for hydroxylation is 1. The van der Waals surface area contributed by atoms with Gasteiger partial charge >= 0.3 is 12.4 Å². The molecule has 1 aromatic carbocycles. The molecule has 0 bridgehead atoms. The van der Waals surface area contributed by atoms with E-state index < -0.39 is 41.4 Å². The highest BCUT2D eigenvalue weighted by molar-refractivity contribution is 9.10. The minimum atomic E-state index is -4.96. The number of nitrogens with one attached hydrogen (secondary N) is 1. The Hall–Kier alpha value is -2.04. The Morgan fingerprint density at radius 1 is 1.08 bits per heavy atom. The smallest absolute Gasteiger partial charge is 0.309 e. The normalized spacial score (nSPS) is 12.3. The van der Waals surface area contributed by atoms with Gasteiger partial charge in [0.2, 0.25) is 5.91 Å². The quantitative estimate of drug-likeness (QED) is 0.735. The Labute approximate surface area is 145 Å². The summed E-state index contributed by atoms with van der Waals surface area (Å²) in [5, 5.41) is 6.19. The van der Waals surface area contributed by atoms with Crippen LogP contribution in [0.2, 0.25) is 0 Å². The average Bonchev–Trinajstić information content (AvgIpc) is 2.74. The van der Waals surface area contributed by atoms with E-state index in [0.717, 1.165) is 0 Å². The van der Waals surface area contributed by atoms with Crippen LogP contribution in [0.5, 0.6) is 0 Å². The minimum absolute atomic E-state index is 0.0112. The molecule has 11 heteroatoms. The van der Waals surface area contributed by atoms with Gasteiger partial charge in [0.1, 0.15) is 4.60 Å². The van der Waals surface area contributed by atoms with Crippen molar-refractivity contribution in [1.82, 2.24) is 9.78 Å². The number of halogens is 7. The molecule has 2 rings (SSSR count). The third-order valence-corrected chi connectivity index (χ3v) is 3.84. The molecule has 4 nitrogen and oxygen atoms in total. The summed E-state index contributed by atoms with van der Waals surface area (Å²) in [6.45, 7) is 0. The highest BCUT2D eigenvalue weighted by Crippen LogP contribution is 2.36. The first-order valence-electron chi connectivity index (χ1n) is 6.64. The second-order valence-electron chi connectivity index (χ2n) is 5.11. The molecule has 0 aliphatic rings. The molecular formula is C14H10BrF6N3O. The molecule has 0 spiro atoms. The molecule has 0 saturated carbocycles. The molecule has 136 valence electrons. The lowest BCUT2D eigenvalue weighted by Gasteiger charge is -2.14. The van der Waals surface area contributed by atoms with Gasteiger partial charge in [-0.15, -0.1) is 0 Å². The molecule has 1 amide bonds. The molecule has 2 aromatic rings. The average molecular weight is 430 g/mol. The van der Waals surface area contributed by atoms with Crippen LogP contribution in [0.1, 0.15) is 16.7 Å². The molecule has 1 heterocycles. The van der Waals surface area contributed by atoms with E-state index in [0.29, 0.717) is 16.7 Å². The van der Waals surface area contributed by atoms with Crippen molar-refractivity contribution in [3.63, 3.8) is 0 Å². The van der Waals surface area contributed by atoms with Gasteiger partial charge in [0.25, 0.3) is 0 Å². The fraction of sp³-hybridized carbons (Fsp3) is 0.286. The number of amides is 1. The van der Waals surface area contributed by atoms with E-state index in [9.17, 15) is 31.1 Å². The predicted molar refractivity (Wildman–Crippen MR) is 79.7 cm³/mol. The number of alkyl halides is 6. The first kappa shape index (κ1) is 19.3. The minimum Gasteiger partial charge on any atom is -0.309 e. The molecule has 0 saturated heterocycles. The topological polar surface area (TPSA) is 46.9 Å². The zero-order chi connectivity index (χ0) is 19.0. The zero-order valence-corrected chi connectivity index (χ0v) is 14.1. The van der Waals surface area contributed by atoms with Crippen LogP contribution in [0, 0.1) is 0 Å². The van der Waals surface area contributed by atoms with Crippen molar-refractivity contribution in [3.8, 4) is 0 Å². The van der Waals surface area contributed by atoms with Gasteiger partial charge in [0, 0.05) is 13.1 Å². The SMILES string of the molecule is Cn1nc(NC(=O)Cc2cc(C(F)(F)F)cc(C(F)(F)F)c2)cc1Br. The van der Waals surface area contributed by atoms with E-state index >= 15 is 0 Å². The number of rotatable bonds is 3. The summed E-state index contributed by atoms with van der Waals surface area (Å²) in [6, 6.07) is 2.48. The van der Waals surface area contributed by atoms with Crippen LogP contribution in [0.3, 0.4) is 0 Å². The van der Waals surface area contributed by atoms with E-state index in [4.69, 9.17) is 0 Å². The molecular weight excluding hydrogens is 420 g/mol. The van der Waals surface area contributed by atoms with Crippen molar-refractivity contribution in [2.45, 2.75) is 18.8 Å². The summed E-state index contributed by atoms with van der Waals surface area (Å²) in [4.78, 5) is 11.9. The van der Waals surface area contributed by atoms with Crippen LogP contribution in [0.25, 0.3) is 0 Å². The van der Waals surface area contributed by atoms with Gasteiger partial charge < -0.3 is 5.32 Å². The molecule has 25 heavy (non-hydrogen) atoms. The Bertz CT molecular complexity index is 745. The summed E-state index contributed by atoms with van der Waals surface area (Å²) in [7, 11) is 1.57. The van der Waals surface area contributed by atoms with Crippen LogP contribution < -0.4 is 5.32 Å². The van der Waals surface area contributed by atoms with Crippen molar-refractivity contribution in [1.29, 1.82) is 0 Å². The van der Waals surface area contributed by atoms with Gasteiger partial charge in [-0.1, -0.05) is 0 Å². The number of benzene rings is 1. The number of carbonyl (C=O) groups excluding carboxylic acids is 1. The van der Waals surface area contributed by atoms with Gasteiger partial charge in [0.05, 0.1) is 17.5 Å². The lowest BCUT2D eigenvalue weighted by atomic mass is 10.0. The molecule has 0 atom stereocenters. The zero-order valence-electron chi connectivity index (χ0n) is 12.5. The predicted octanol–water partition coefficient (Wildman–Crippen LogP) is 4.40. The second kappa shape index (κ2) is 6.70. The Morgan fingerprint density at radius 2 is 1.60 bits per heavy atom. The van der Waals surface area contributed by atoms with Crippen molar-refractivity contribution in [3.05, 3.63) is 45.6 Å². The van der Waals surface area contributed by atoms with E-state index in [1.54, 1.807) is 7.05 Å². The Kier molecular flexibility index (Phi) is 5.17. The van der Waals surface area contributed by atoms with Crippen molar-refractivity contribution in [2.75, 3.05) is 5.32 Å². The van der Waals surface area contributed by atoms with Gasteiger partial charge in [-0.25, -0.2) is 0 Å². The van der Waals surface area contributed by atoms with Crippen molar-refractivity contribution >= 4 is 27.7 Å². The lowest BCUT2D eigenvalue weighted by molar-refractivity contribution is -0.143. The van der Waals surface area contributed by atoms with Crippen molar-refractivity contribution in [2.24, 2.45) is 7.05 Å². The van der Waals surface area contributed by atoms with Crippen LogP contribution in [-0.4, -0.2) is 15.7 Å². The monoisotopic (exact) mass is 429 g/mol. The van der Waals surface area contributed by atoms with Crippen molar-refractivity contribution < 1.29 is 31.1 Å². The fourth-order valence-electron chi connectivity index (χ4n) is 2.00. The molecule has 0 aliphatic heterocycles. The second-order valence-corrected chi connectivity index (χ2v) is 5.93. The summed E-state index contributed by atoms with van der Waals surface area (Å²) in [5.41, 5.74) is -3.34. The van der Waals surface area contributed by atoms with Gasteiger partial charge in [-0.3, -0.25) is 9.48 Å². The first-order valence-corrected chi connectivity index (χ1v) is 7.43. The van der Waals surface area contributed by atoms with Crippen LogP contribution in [-0.2, 0) is 30.6 Å². The van der Waals surface area contributed by atoms with Crippen LogP contribution in [0.15, 0.2) is 28.9 Å². The number of anilines is 1. The standard InChI is InChI=1S/C14H10BrF6N3O/c1-24-10(15)6-11(23-24)22-12(25)4-7-2-8(13(16,17)18)5-9(3-7)14(19,20)21/h2-3,5-6H,4H2,1H3,(H,22,23,25). The third-order valence-electron chi connectivity index (χ3n) is 3.10. The molecule has 1 N–H and O–H groups in total. The van der Waals surface area contributed by atoms with Gasteiger partial charge in [0.15, 0.2) is 5.82 Å². The Morgan fingerprint density at radius 3 is 2.00 bits per heavy atom. The lowest BCUT2D eigenvalue weighted by Crippen LogP contribution is -2.17. The first-order chi connectivity index (χ1) is 11.4. The largest absolute Gasteiger partial charge is 0.416 e. The van der Waals surface area contributed by atoms with E-state index in [1.165, 1.54) is 10.7 Å². The number of carbonyl (C=O) groups is 1. The van der Waals surface area contributed by atoms with E-state index in [-0.39, 0.29) is 11.9 Å².